The summed E-state index contributed by atoms with van der Waals surface area (Å²) in [6.07, 6.45) is 5.10. The van der Waals surface area contributed by atoms with Crippen LogP contribution < -0.4 is 10.6 Å². The standard InChI is InChI=1S/C9H16N2O2/c12-6-9(4-1-5-9)11-8(13)10-7-2-3-7/h7,12H,1-6H2,(H2,10,11,13). The minimum absolute atomic E-state index is 0.0606. The van der Waals surface area contributed by atoms with E-state index >= 15 is 0 Å². The van der Waals surface area contributed by atoms with Gasteiger partial charge in [0.25, 0.3) is 0 Å². The third-order valence-corrected chi connectivity index (χ3v) is 2.90. The molecule has 2 aliphatic rings. The number of aliphatic hydroxyl groups excluding tert-OH is 1. The maximum atomic E-state index is 11.3. The zero-order valence-electron chi connectivity index (χ0n) is 7.68. The van der Waals surface area contributed by atoms with Crippen molar-refractivity contribution in [3.8, 4) is 0 Å². The van der Waals surface area contributed by atoms with E-state index in [4.69, 9.17) is 5.11 Å². The van der Waals surface area contributed by atoms with Crippen molar-refractivity contribution >= 4 is 6.03 Å². The average Bonchev–Trinajstić information content (AvgIpc) is 2.80. The zero-order valence-corrected chi connectivity index (χ0v) is 7.68. The Bertz CT molecular complexity index is 204. The Kier molecular flexibility index (Phi) is 2.15. The first-order valence-electron chi connectivity index (χ1n) is 4.94. The Hall–Kier alpha value is -0.770. The van der Waals surface area contributed by atoms with E-state index in [1.807, 2.05) is 0 Å². The molecule has 0 aromatic rings. The van der Waals surface area contributed by atoms with Crippen molar-refractivity contribution < 1.29 is 9.90 Å². The number of rotatable bonds is 3. The van der Waals surface area contributed by atoms with E-state index in [1.54, 1.807) is 0 Å². The molecule has 2 amide bonds. The second kappa shape index (κ2) is 3.18. The zero-order chi connectivity index (χ0) is 9.31. The summed E-state index contributed by atoms with van der Waals surface area (Å²) in [6, 6.07) is 0.270. The van der Waals surface area contributed by atoms with Gasteiger partial charge in [0, 0.05) is 6.04 Å². The number of carbonyl (C=O) groups excluding carboxylic acids is 1. The van der Waals surface area contributed by atoms with Crippen molar-refractivity contribution in [2.45, 2.75) is 43.7 Å². The monoisotopic (exact) mass is 184 g/mol. The predicted octanol–water partition coefficient (Wildman–Crippen LogP) is 0.363. The molecule has 0 aliphatic heterocycles. The molecule has 0 saturated heterocycles. The van der Waals surface area contributed by atoms with Crippen LogP contribution in [0.5, 0.6) is 0 Å². The van der Waals surface area contributed by atoms with Crippen molar-refractivity contribution in [1.82, 2.24) is 10.6 Å². The first-order chi connectivity index (χ1) is 6.24. The molecule has 2 saturated carbocycles. The molecule has 2 fully saturated rings. The van der Waals surface area contributed by atoms with Crippen molar-refractivity contribution in [3.05, 3.63) is 0 Å². The Morgan fingerprint density at radius 1 is 1.46 bits per heavy atom. The molecule has 0 aromatic carbocycles. The molecule has 4 heteroatoms. The number of hydrogen-bond donors (Lipinski definition) is 3. The highest BCUT2D eigenvalue weighted by Gasteiger charge is 2.38. The maximum Gasteiger partial charge on any atom is 0.315 e. The van der Waals surface area contributed by atoms with Gasteiger partial charge in [0.05, 0.1) is 12.1 Å². The second-order valence-corrected chi connectivity index (χ2v) is 4.16. The number of amides is 2. The van der Waals surface area contributed by atoms with Gasteiger partial charge in [0.15, 0.2) is 0 Å². The molecule has 0 unspecified atom stereocenters. The minimum Gasteiger partial charge on any atom is -0.394 e. The summed E-state index contributed by atoms with van der Waals surface area (Å²) in [5, 5.41) is 14.8. The van der Waals surface area contributed by atoms with Crippen LogP contribution in [0.15, 0.2) is 0 Å². The van der Waals surface area contributed by atoms with E-state index in [-0.39, 0.29) is 18.2 Å². The molecule has 0 heterocycles. The van der Waals surface area contributed by atoms with E-state index in [2.05, 4.69) is 10.6 Å². The molecule has 13 heavy (non-hydrogen) atoms. The van der Waals surface area contributed by atoms with Gasteiger partial charge in [-0.15, -0.1) is 0 Å². The fraction of sp³-hybridized carbons (Fsp3) is 0.889. The third kappa shape index (κ3) is 1.94. The van der Waals surface area contributed by atoms with Crippen molar-refractivity contribution in [1.29, 1.82) is 0 Å². The Labute approximate surface area is 77.7 Å². The molecule has 0 bridgehead atoms. The summed E-state index contributed by atoms with van der Waals surface area (Å²) in [6.45, 7) is 0.0606. The average molecular weight is 184 g/mol. The molecule has 0 aromatic heterocycles. The van der Waals surface area contributed by atoms with E-state index in [0.717, 1.165) is 32.1 Å². The minimum atomic E-state index is -0.307. The summed E-state index contributed by atoms with van der Waals surface area (Å²) >= 11 is 0. The van der Waals surface area contributed by atoms with E-state index in [1.165, 1.54) is 0 Å². The van der Waals surface area contributed by atoms with Crippen LogP contribution in [0, 0.1) is 0 Å². The van der Waals surface area contributed by atoms with Crippen LogP contribution >= 0.6 is 0 Å². The summed E-state index contributed by atoms with van der Waals surface area (Å²) < 4.78 is 0. The lowest BCUT2D eigenvalue weighted by molar-refractivity contribution is 0.0958. The first-order valence-corrected chi connectivity index (χ1v) is 4.94. The number of carbonyl (C=O) groups is 1. The number of hydrogen-bond acceptors (Lipinski definition) is 2. The van der Waals surface area contributed by atoms with E-state index < -0.39 is 0 Å². The van der Waals surface area contributed by atoms with Crippen molar-refractivity contribution in [2.24, 2.45) is 0 Å². The fourth-order valence-corrected chi connectivity index (χ4v) is 1.62. The summed E-state index contributed by atoms with van der Waals surface area (Å²) in [4.78, 5) is 11.3. The molecule has 74 valence electrons. The lowest BCUT2D eigenvalue weighted by atomic mass is 9.77. The third-order valence-electron chi connectivity index (χ3n) is 2.90. The first kappa shape index (κ1) is 8.81. The van der Waals surface area contributed by atoms with Crippen molar-refractivity contribution in [3.63, 3.8) is 0 Å². The van der Waals surface area contributed by atoms with Crippen LogP contribution in [-0.2, 0) is 0 Å². The van der Waals surface area contributed by atoms with Gasteiger partial charge in [-0.2, -0.15) is 0 Å². The maximum absolute atomic E-state index is 11.3. The smallest absolute Gasteiger partial charge is 0.315 e. The Balaban J connectivity index is 1.77. The highest BCUT2D eigenvalue weighted by Crippen LogP contribution is 2.31. The highest BCUT2D eigenvalue weighted by atomic mass is 16.3. The number of urea groups is 1. The quantitative estimate of drug-likeness (QED) is 0.593. The fourth-order valence-electron chi connectivity index (χ4n) is 1.62. The SMILES string of the molecule is O=C(NC1CC1)NC1(CO)CCC1. The normalized spacial score (nSPS) is 24.7. The van der Waals surface area contributed by atoms with Gasteiger partial charge < -0.3 is 15.7 Å². The second-order valence-electron chi connectivity index (χ2n) is 4.16. The molecule has 2 rings (SSSR count). The molecule has 0 radical (unpaired) electrons. The van der Waals surface area contributed by atoms with Gasteiger partial charge >= 0.3 is 6.03 Å². The molecular formula is C9H16N2O2. The van der Waals surface area contributed by atoms with Crippen LogP contribution in [0.1, 0.15) is 32.1 Å². The highest BCUT2D eigenvalue weighted by molar-refractivity contribution is 5.75. The van der Waals surface area contributed by atoms with Gasteiger partial charge in [-0.05, 0) is 32.1 Å². The topological polar surface area (TPSA) is 61.4 Å². The summed E-state index contributed by atoms with van der Waals surface area (Å²) in [7, 11) is 0. The van der Waals surface area contributed by atoms with E-state index in [0.29, 0.717) is 6.04 Å². The number of nitrogens with one attached hydrogen (secondary N) is 2. The van der Waals surface area contributed by atoms with Crippen LogP contribution in [0.25, 0.3) is 0 Å². The Morgan fingerprint density at radius 3 is 2.54 bits per heavy atom. The van der Waals surface area contributed by atoms with Gasteiger partial charge in [-0.1, -0.05) is 0 Å². The summed E-state index contributed by atoms with van der Waals surface area (Å²) in [5.41, 5.74) is -0.307. The van der Waals surface area contributed by atoms with Crippen LogP contribution in [0.2, 0.25) is 0 Å². The lowest BCUT2D eigenvalue weighted by Crippen LogP contribution is -2.58. The van der Waals surface area contributed by atoms with Gasteiger partial charge in [0.1, 0.15) is 0 Å². The molecular weight excluding hydrogens is 168 g/mol. The predicted molar refractivity (Wildman–Crippen MR) is 48.4 cm³/mol. The molecule has 3 N–H and O–H groups in total. The van der Waals surface area contributed by atoms with Crippen LogP contribution in [0.3, 0.4) is 0 Å². The summed E-state index contributed by atoms with van der Waals surface area (Å²) in [5.74, 6) is 0. The molecule has 4 nitrogen and oxygen atoms in total. The van der Waals surface area contributed by atoms with Crippen LogP contribution in [-0.4, -0.2) is 29.3 Å². The molecule has 2 aliphatic carbocycles. The van der Waals surface area contributed by atoms with Gasteiger partial charge in [0.2, 0.25) is 0 Å². The Morgan fingerprint density at radius 2 is 2.15 bits per heavy atom. The van der Waals surface area contributed by atoms with Crippen molar-refractivity contribution in [2.75, 3.05) is 6.61 Å². The van der Waals surface area contributed by atoms with Crippen LogP contribution in [0.4, 0.5) is 4.79 Å². The number of aliphatic hydroxyl groups is 1. The molecule has 0 atom stereocenters. The lowest BCUT2D eigenvalue weighted by Gasteiger charge is -2.40. The van der Waals surface area contributed by atoms with Gasteiger partial charge in [-0.3, -0.25) is 0 Å². The van der Waals surface area contributed by atoms with E-state index in [9.17, 15) is 4.79 Å². The largest absolute Gasteiger partial charge is 0.394 e. The van der Waals surface area contributed by atoms with Gasteiger partial charge in [-0.25, -0.2) is 4.79 Å². The molecule has 0 spiro atoms.